The number of nitrogens with zero attached hydrogens (tertiary/aromatic N) is 1. The van der Waals surface area contributed by atoms with Crippen LogP contribution in [-0.4, -0.2) is 43.4 Å². The van der Waals surface area contributed by atoms with Gasteiger partial charge in [0.2, 0.25) is 0 Å². The molecule has 1 atom stereocenters. The Morgan fingerprint density at radius 1 is 1.44 bits per heavy atom. The van der Waals surface area contributed by atoms with Gasteiger partial charge < -0.3 is 15.0 Å². The van der Waals surface area contributed by atoms with E-state index >= 15 is 0 Å². The summed E-state index contributed by atoms with van der Waals surface area (Å²) in [6, 6.07) is 10.7. The van der Waals surface area contributed by atoms with Gasteiger partial charge in [-0.15, -0.1) is 0 Å². The van der Waals surface area contributed by atoms with Gasteiger partial charge in [0.25, 0.3) is 0 Å². The van der Waals surface area contributed by atoms with Crippen molar-refractivity contribution in [2.45, 2.75) is 12.3 Å². The van der Waals surface area contributed by atoms with Crippen LogP contribution >= 0.6 is 12.2 Å². The summed E-state index contributed by atoms with van der Waals surface area (Å²) in [4.78, 5) is 2.25. The fourth-order valence-electron chi connectivity index (χ4n) is 2.31. The molecule has 0 bridgehead atoms. The van der Waals surface area contributed by atoms with Crippen LogP contribution in [0.15, 0.2) is 30.3 Å². The van der Waals surface area contributed by atoms with E-state index in [4.69, 9.17) is 17.0 Å². The van der Waals surface area contributed by atoms with E-state index in [1.165, 1.54) is 12.0 Å². The Morgan fingerprint density at radius 2 is 2.22 bits per heavy atom. The normalized spacial score (nSPS) is 18.9. The van der Waals surface area contributed by atoms with Gasteiger partial charge in [0.05, 0.1) is 6.61 Å². The van der Waals surface area contributed by atoms with Crippen LogP contribution in [0.25, 0.3) is 0 Å². The van der Waals surface area contributed by atoms with Crippen molar-refractivity contribution < 1.29 is 4.74 Å². The summed E-state index contributed by atoms with van der Waals surface area (Å²) in [6.07, 6.45) is 1.18. The predicted octanol–water partition coefficient (Wildman–Crippen LogP) is 2.00. The molecule has 4 heteroatoms. The lowest BCUT2D eigenvalue weighted by Crippen LogP contribution is -2.39. The van der Waals surface area contributed by atoms with Gasteiger partial charge in [0.1, 0.15) is 0 Å². The molecule has 1 fully saturated rings. The third-order valence-corrected chi connectivity index (χ3v) is 3.73. The zero-order valence-corrected chi connectivity index (χ0v) is 11.6. The molecule has 1 aliphatic heterocycles. The minimum absolute atomic E-state index is 0.605. The van der Waals surface area contributed by atoms with Gasteiger partial charge in [-0.05, 0) is 24.2 Å². The van der Waals surface area contributed by atoms with Gasteiger partial charge in [0.15, 0.2) is 5.11 Å². The number of thiocarbonyl (C=S) groups is 1. The highest BCUT2D eigenvalue weighted by atomic mass is 32.1. The second-order valence-corrected chi connectivity index (χ2v) is 4.95. The Balaban J connectivity index is 1.83. The number of nitrogens with one attached hydrogen (secondary N) is 1. The Morgan fingerprint density at radius 3 is 2.94 bits per heavy atom. The first-order valence-corrected chi connectivity index (χ1v) is 6.78. The van der Waals surface area contributed by atoms with Crippen LogP contribution in [0.5, 0.6) is 0 Å². The summed E-state index contributed by atoms with van der Waals surface area (Å²) in [6.45, 7) is 3.53. The molecule has 0 spiro atoms. The Hall–Kier alpha value is -1.13. The number of likely N-dealkylation sites (tertiary alicyclic amines) is 1. The molecule has 18 heavy (non-hydrogen) atoms. The summed E-state index contributed by atoms with van der Waals surface area (Å²) in [5.74, 6) is 0.605. The van der Waals surface area contributed by atoms with E-state index in [-0.39, 0.29) is 0 Å². The van der Waals surface area contributed by atoms with E-state index < -0.39 is 0 Å². The fourth-order valence-corrected chi connectivity index (χ4v) is 2.58. The minimum atomic E-state index is 0.605. The highest BCUT2D eigenvalue weighted by Crippen LogP contribution is 2.26. The zero-order chi connectivity index (χ0) is 12.8. The van der Waals surface area contributed by atoms with Gasteiger partial charge >= 0.3 is 0 Å². The molecule has 0 aromatic heterocycles. The molecular weight excluding hydrogens is 244 g/mol. The Bertz CT molecular complexity index is 383. The maximum atomic E-state index is 5.39. The molecule has 0 radical (unpaired) electrons. The standard InChI is InChI=1S/C14H20N2OS/c1-17-10-8-15-14(18)16-9-7-13(11-16)12-5-3-2-4-6-12/h2-6,13H,7-11H2,1H3,(H,15,18). The van der Waals surface area contributed by atoms with E-state index in [1.54, 1.807) is 7.11 Å². The lowest BCUT2D eigenvalue weighted by atomic mass is 9.99. The van der Waals surface area contributed by atoms with Crippen molar-refractivity contribution in [2.75, 3.05) is 33.4 Å². The molecule has 0 saturated carbocycles. The first-order valence-electron chi connectivity index (χ1n) is 6.38. The van der Waals surface area contributed by atoms with E-state index in [1.807, 2.05) is 0 Å². The second kappa shape index (κ2) is 6.71. The van der Waals surface area contributed by atoms with Crippen molar-refractivity contribution in [1.29, 1.82) is 0 Å². The van der Waals surface area contributed by atoms with Gasteiger partial charge in [0, 0.05) is 32.7 Å². The van der Waals surface area contributed by atoms with E-state index in [2.05, 4.69) is 40.5 Å². The lowest BCUT2D eigenvalue weighted by Gasteiger charge is -2.20. The van der Waals surface area contributed by atoms with Crippen molar-refractivity contribution in [3.05, 3.63) is 35.9 Å². The molecule has 98 valence electrons. The number of hydrogen-bond donors (Lipinski definition) is 1. The van der Waals surface area contributed by atoms with Gasteiger partial charge in [-0.3, -0.25) is 0 Å². The van der Waals surface area contributed by atoms with Crippen molar-refractivity contribution >= 4 is 17.3 Å². The third-order valence-electron chi connectivity index (χ3n) is 3.33. The van der Waals surface area contributed by atoms with Crippen molar-refractivity contribution in [3.8, 4) is 0 Å². The Kier molecular flexibility index (Phi) is 4.96. The molecule has 1 unspecified atom stereocenters. The molecule has 1 heterocycles. The smallest absolute Gasteiger partial charge is 0.169 e. The summed E-state index contributed by atoms with van der Waals surface area (Å²) >= 11 is 5.39. The van der Waals surface area contributed by atoms with Crippen molar-refractivity contribution in [2.24, 2.45) is 0 Å². The maximum absolute atomic E-state index is 5.39. The van der Waals surface area contributed by atoms with Crippen LogP contribution in [0.1, 0.15) is 17.9 Å². The summed E-state index contributed by atoms with van der Waals surface area (Å²) in [7, 11) is 1.70. The van der Waals surface area contributed by atoms with E-state index in [0.29, 0.717) is 12.5 Å². The van der Waals surface area contributed by atoms with Gasteiger partial charge in [-0.1, -0.05) is 30.3 Å². The van der Waals surface area contributed by atoms with Gasteiger partial charge in [-0.2, -0.15) is 0 Å². The molecule has 3 nitrogen and oxygen atoms in total. The number of ether oxygens (including phenoxy) is 1. The first kappa shape index (κ1) is 13.3. The second-order valence-electron chi connectivity index (χ2n) is 4.57. The first-order chi connectivity index (χ1) is 8.81. The van der Waals surface area contributed by atoms with Crippen LogP contribution in [0.2, 0.25) is 0 Å². The van der Waals surface area contributed by atoms with Crippen LogP contribution in [-0.2, 0) is 4.74 Å². The quantitative estimate of drug-likeness (QED) is 0.664. The topological polar surface area (TPSA) is 24.5 Å². The maximum Gasteiger partial charge on any atom is 0.169 e. The molecule has 0 amide bonds. The fraction of sp³-hybridized carbons (Fsp3) is 0.500. The highest BCUT2D eigenvalue weighted by molar-refractivity contribution is 7.80. The van der Waals surface area contributed by atoms with Crippen molar-refractivity contribution in [1.82, 2.24) is 10.2 Å². The number of methoxy groups -OCH3 is 1. The molecular formula is C14H20N2OS. The monoisotopic (exact) mass is 264 g/mol. The zero-order valence-electron chi connectivity index (χ0n) is 10.8. The molecule has 0 aliphatic carbocycles. The van der Waals surface area contributed by atoms with E-state index in [9.17, 15) is 0 Å². The van der Waals surface area contributed by atoms with Crippen LogP contribution in [0, 0.1) is 0 Å². The van der Waals surface area contributed by atoms with Crippen LogP contribution in [0.3, 0.4) is 0 Å². The largest absolute Gasteiger partial charge is 0.383 e. The molecule has 1 aromatic carbocycles. The Labute approximate surface area is 114 Å². The molecule has 1 saturated heterocycles. The number of benzene rings is 1. The molecule has 1 aromatic rings. The molecule has 1 N–H and O–H groups in total. The average Bonchev–Trinajstić information content (AvgIpc) is 2.89. The number of rotatable bonds is 4. The summed E-state index contributed by atoms with van der Waals surface area (Å²) in [5, 5.41) is 4.08. The summed E-state index contributed by atoms with van der Waals surface area (Å²) in [5.41, 5.74) is 1.42. The lowest BCUT2D eigenvalue weighted by molar-refractivity contribution is 0.203. The molecule has 2 rings (SSSR count). The highest BCUT2D eigenvalue weighted by Gasteiger charge is 2.24. The van der Waals surface area contributed by atoms with Gasteiger partial charge in [-0.25, -0.2) is 0 Å². The average molecular weight is 264 g/mol. The summed E-state index contributed by atoms with van der Waals surface area (Å²) < 4.78 is 5.00. The third kappa shape index (κ3) is 3.43. The van der Waals surface area contributed by atoms with Crippen LogP contribution < -0.4 is 5.32 Å². The SMILES string of the molecule is COCCNC(=S)N1CCC(c2ccccc2)C1. The number of hydrogen-bond acceptors (Lipinski definition) is 2. The minimum Gasteiger partial charge on any atom is -0.383 e. The van der Waals surface area contributed by atoms with Crippen LogP contribution in [0.4, 0.5) is 0 Å². The van der Waals surface area contributed by atoms with Crippen molar-refractivity contribution in [3.63, 3.8) is 0 Å². The predicted molar refractivity (Wildman–Crippen MR) is 77.8 cm³/mol. The molecule has 1 aliphatic rings. The van der Waals surface area contributed by atoms with E-state index in [0.717, 1.165) is 24.7 Å².